The molecule has 0 unspecified atom stereocenters. The molecule has 0 atom stereocenters. The van der Waals surface area contributed by atoms with Gasteiger partial charge in [-0.05, 0) is 42.0 Å². The molecule has 0 saturated carbocycles. The van der Waals surface area contributed by atoms with Crippen LogP contribution < -0.4 is 14.8 Å². The van der Waals surface area contributed by atoms with E-state index in [2.05, 4.69) is 5.32 Å². The monoisotopic (exact) mass is 369 g/mol. The van der Waals surface area contributed by atoms with Crippen LogP contribution in [0.2, 0.25) is 0 Å². The largest absolute Gasteiger partial charge is 0.500 e. The number of anilines is 1. The number of hydrogen-bond donors (Lipinski definition) is 2. The van der Waals surface area contributed by atoms with Crippen molar-refractivity contribution < 1.29 is 24.3 Å². The Morgan fingerprint density at radius 2 is 1.93 bits per heavy atom. The maximum atomic E-state index is 12.3. The van der Waals surface area contributed by atoms with Crippen molar-refractivity contribution in [3.63, 3.8) is 0 Å². The maximum Gasteiger partial charge on any atom is 0.315 e. The zero-order valence-electron chi connectivity index (χ0n) is 14.4. The molecule has 0 aromatic heterocycles. The molecular weight excluding hydrogens is 354 g/mol. The summed E-state index contributed by atoms with van der Waals surface area (Å²) < 4.78 is 9.91. The second kappa shape index (κ2) is 8.35. The number of ether oxygens (including phenoxy) is 2. The van der Waals surface area contributed by atoms with Crippen molar-refractivity contribution in [2.24, 2.45) is 0 Å². The number of rotatable bonds is 6. The van der Waals surface area contributed by atoms with Crippen LogP contribution in [0.3, 0.4) is 0 Å². The lowest BCUT2D eigenvalue weighted by Crippen LogP contribution is -2.13. The number of nitriles is 1. The van der Waals surface area contributed by atoms with Crippen LogP contribution >= 0.6 is 0 Å². The molecule has 0 spiro atoms. The van der Waals surface area contributed by atoms with Gasteiger partial charge in [-0.25, -0.2) is 0 Å². The van der Waals surface area contributed by atoms with Gasteiger partial charge in [0, 0.05) is 11.8 Å². The third-order valence-corrected chi connectivity index (χ3v) is 3.52. The molecule has 0 heterocycles. The van der Waals surface area contributed by atoms with Crippen LogP contribution in [-0.2, 0) is 4.79 Å². The van der Waals surface area contributed by atoms with E-state index in [1.807, 2.05) is 0 Å². The maximum absolute atomic E-state index is 12.3. The quantitative estimate of drug-likeness (QED) is 0.346. The zero-order valence-corrected chi connectivity index (χ0v) is 14.4. The minimum absolute atomic E-state index is 0.150. The summed E-state index contributed by atoms with van der Waals surface area (Å²) in [6.07, 6.45) is 1.16. The van der Waals surface area contributed by atoms with Gasteiger partial charge >= 0.3 is 5.69 Å². The predicted molar refractivity (Wildman–Crippen MR) is 96.5 cm³/mol. The lowest BCUT2D eigenvalue weighted by Gasteiger charge is -2.07. The molecule has 1 amide bonds. The lowest BCUT2D eigenvalue weighted by atomic mass is 10.1. The lowest BCUT2D eigenvalue weighted by molar-refractivity contribution is -0.386. The number of phenolic OH excluding ortho intramolecular Hbond substituents is 1. The van der Waals surface area contributed by atoms with Gasteiger partial charge in [-0.1, -0.05) is 0 Å². The third kappa shape index (κ3) is 4.52. The predicted octanol–water partition coefficient (Wildman–Crippen LogP) is 2.86. The average molecular weight is 369 g/mol. The summed E-state index contributed by atoms with van der Waals surface area (Å²) in [6.45, 7) is 0. The fourth-order valence-electron chi connectivity index (χ4n) is 2.18. The minimum atomic E-state index is -0.793. The Bertz CT molecular complexity index is 945. The van der Waals surface area contributed by atoms with E-state index in [-0.39, 0.29) is 16.9 Å². The Morgan fingerprint density at radius 3 is 2.44 bits per heavy atom. The molecule has 2 N–H and O–H groups in total. The number of carbonyl (C=O) groups is 1. The van der Waals surface area contributed by atoms with Crippen molar-refractivity contribution in [1.29, 1.82) is 5.26 Å². The third-order valence-electron chi connectivity index (χ3n) is 3.52. The van der Waals surface area contributed by atoms with Crippen LogP contribution in [-0.4, -0.2) is 30.2 Å². The highest BCUT2D eigenvalue weighted by molar-refractivity contribution is 6.09. The molecule has 0 aliphatic heterocycles. The molecule has 0 aliphatic carbocycles. The van der Waals surface area contributed by atoms with Gasteiger partial charge in [0.15, 0.2) is 5.75 Å². The first-order chi connectivity index (χ1) is 12.9. The van der Waals surface area contributed by atoms with Crippen molar-refractivity contribution in [1.82, 2.24) is 0 Å². The first kappa shape index (κ1) is 19.3. The number of nitro benzene ring substituents is 1. The summed E-state index contributed by atoms with van der Waals surface area (Å²) >= 11 is 0. The number of nitro groups is 1. The van der Waals surface area contributed by atoms with E-state index in [1.165, 1.54) is 20.3 Å². The minimum Gasteiger partial charge on any atom is -0.500 e. The second-order valence-electron chi connectivity index (χ2n) is 5.20. The van der Waals surface area contributed by atoms with E-state index in [0.717, 1.165) is 12.1 Å². The topological polar surface area (TPSA) is 135 Å². The van der Waals surface area contributed by atoms with Gasteiger partial charge in [0.05, 0.1) is 19.1 Å². The van der Waals surface area contributed by atoms with Gasteiger partial charge in [-0.15, -0.1) is 0 Å². The van der Waals surface area contributed by atoms with Gasteiger partial charge in [-0.3, -0.25) is 14.9 Å². The number of hydrogen-bond acceptors (Lipinski definition) is 7. The van der Waals surface area contributed by atoms with Crippen molar-refractivity contribution >= 4 is 23.4 Å². The Morgan fingerprint density at radius 1 is 1.26 bits per heavy atom. The molecular formula is C18H15N3O6. The van der Waals surface area contributed by atoms with Crippen molar-refractivity contribution in [3.8, 4) is 23.3 Å². The van der Waals surface area contributed by atoms with Crippen molar-refractivity contribution in [2.75, 3.05) is 19.5 Å². The molecule has 9 heteroatoms. The van der Waals surface area contributed by atoms with Gasteiger partial charge in [0.25, 0.3) is 5.91 Å². The second-order valence-corrected chi connectivity index (χ2v) is 5.20. The van der Waals surface area contributed by atoms with E-state index in [9.17, 15) is 25.3 Å². The number of nitrogens with zero attached hydrogens (tertiary/aromatic N) is 2. The van der Waals surface area contributed by atoms with Crippen LogP contribution in [0.1, 0.15) is 5.56 Å². The van der Waals surface area contributed by atoms with Gasteiger partial charge in [0.2, 0.25) is 5.75 Å². The molecule has 2 rings (SSSR count). The Balaban J connectivity index is 2.34. The van der Waals surface area contributed by atoms with Crippen molar-refractivity contribution in [3.05, 3.63) is 57.6 Å². The molecule has 138 valence electrons. The molecule has 27 heavy (non-hydrogen) atoms. The molecule has 2 aromatic rings. The van der Waals surface area contributed by atoms with Crippen LogP contribution in [0.15, 0.2) is 42.0 Å². The summed E-state index contributed by atoms with van der Waals surface area (Å²) in [6, 6.07) is 10.5. The fraction of sp³-hybridized carbons (Fsp3) is 0.111. The van der Waals surface area contributed by atoms with Gasteiger partial charge < -0.3 is 19.9 Å². The number of aromatic hydroxyl groups is 1. The fourth-order valence-corrected chi connectivity index (χ4v) is 2.18. The number of benzene rings is 2. The highest BCUT2D eigenvalue weighted by Crippen LogP contribution is 2.37. The summed E-state index contributed by atoms with van der Waals surface area (Å²) in [7, 11) is 2.74. The van der Waals surface area contributed by atoms with Gasteiger partial charge in [-0.2, -0.15) is 5.26 Å². The summed E-state index contributed by atoms with van der Waals surface area (Å²) in [4.78, 5) is 22.5. The summed E-state index contributed by atoms with van der Waals surface area (Å²) in [5, 5.41) is 32.6. The summed E-state index contributed by atoms with van der Waals surface area (Å²) in [5.41, 5.74) is -0.296. The Kier molecular flexibility index (Phi) is 5.96. The van der Waals surface area contributed by atoms with Crippen molar-refractivity contribution in [2.45, 2.75) is 0 Å². The molecule has 0 fully saturated rings. The average Bonchev–Trinajstić information content (AvgIpc) is 2.67. The number of nitrogens with one attached hydrogen (secondary N) is 1. The SMILES string of the molecule is COc1ccc(NC(=O)C(C#N)=Cc2cc(OC)c(O)c([N+](=O)[O-])c2)cc1. The molecule has 9 nitrogen and oxygen atoms in total. The van der Waals surface area contributed by atoms with E-state index >= 15 is 0 Å². The van der Waals surface area contributed by atoms with E-state index in [1.54, 1.807) is 30.3 Å². The van der Waals surface area contributed by atoms with E-state index in [0.29, 0.717) is 11.4 Å². The summed E-state index contributed by atoms with van der Waals surface area (Å²) in [5.74, 6) is -0.881. The molecule has 0 radical (unpaired) electrons. The van der Waals surface area contributed by atoms with Crippen LogP contribution in [0, 0.1) is 21.4 Å². The molecule has 0 saturated heterocycles. The van der Waals surface area contributed by atoms with E-state index in [4.69, 9.17) is 9.47 Å². The number of methoxy groups -OCH3 is 2. The number of amides is 1. The van der Waals surface area contributed by atoms with E-state index < -0.39 is 22.3 Å². The smallest absolute Gasteiger partial charge is 0.315 e. The van der Waals surface area contributed by atoms with Crippen LogP contribution in [0.4, 0.5) is 11.4 Å². The number of phenols is 1. The standard InChI is InChI=1S/C18H15N3O6/c1-26-14-5-3-13(4-6-14)20-18(23)12(10-19)7-11-8-15(21(24)25)17(22)16(9-11)27-2/h3-9,22H,1-2H3,(H,20,23). The van der Waals surface area contributed by atoms with Crippen LogP contribution in [0.25, 0.3) is 6.08 Å². The first-order valence-corrected chi connectivity index (χ1v) is 7.52. The Labute approximate surface area is 154 Å². The number of carbonyl (C=O) groups excluding carboxylic acids is 1. The highest BCUT2D eigenvalue weighted by Gasteiger charge is 2.20. The molecule has 2 aromatic carbocycles. The van der Waals surface area contributed by atoms with Crippen LogP contribution in [0.5, 0.6) is 17.2 Å². The molecule has 0 aliphatic rings. The molecule has 0 bridgehead atoms. The first-order valence-electron chi connectivity index (χ1n) is 7.52. The zero-order chi connectivity index (χ0) is 20.0. The van der Waals surface area contributed by atoms with Gasteiger partial charge in [0.1, 0.15) is 17.4 Å². The Hall–Kier alpha value is -4.06. The highest BCUT2D eigenvalue weighted by atomic mass is 16.6. The normalized spacial score (nSPS) is 10.6.